The van der Waals surface area contributed by atoms with Gasteiger partial charge in [-0.3, -0.25) is 4.79 Å². The van der Waals surface area contributed by atoms with E-state index in [0.717, 1.165) is 17.7 Å². The third-order valence-corrected chi connectivity index (χ3v) is 5.64. The minimum absolute atomic E-state index is 0.173. The molecule has 0 saturated heterocycles. The van der Waals surface area contributed by atoms with Gasteiger partial charge in [0.05, 0.1) is 12.6 Å². The smallest absolute Gasteiger partial charge is 0.251 e. The Kier molecular flexibility index (Phi) is 6.01. The van der Waals surface area contributed by atoms with Gasteiger partial charge in [0.1, 0.15) is 35.6 Å². The fourth-order valence-electron chi connectivity index (χ4n) is 3.34. The molecule has 2 aromatic heterocycles. The summed E-state index contributed by atoms with van der Waals surface area (Å²) in [5.41, 5.74) is -0.267. The highest BCUT2D eigenvalue weighted by atomic mass is 32.1. The average molecular weight is 456 g/mol. The van der Waals surface area contributed by atoms with E-state index in [2.05, 4.69) is 25.0 Å². The Morgan fingerprint density at radius 2 is 2.03 bits per heavy atom. The molecule has 164 valence electrons. The predicted octanol–water partition coefficient (Wildman–Crippen LogP) is 2.78. The number of halogens is 2. The highest BCUT2D eigenvalue weighted by Crippen LogP contribution is 2.30. The van der Waals surface area contributed by atoms with E-state index in [1.807, 2.05) is 0 Å². The van der Waals surface area contributed by atoms with Gasteiger partial charge in [0.15, 0.2) is 0 Å². The molecule has 2 atom stereocenters. The van der Waals surface area contributed by atoms with Crippen molar-refractivity contribution < 1.29 is 18.7 Å². The minimum Gasteiger partial charge on any atom is -0.381 e. The first-order valence-electron chi connectivity index (χ1n) is 9.55. The number of aliphatic hydroxyl groups is 1. The number of benzene rings is 2. The van der Waals surface area contributed by atoms with Gasteiger partial charge >= 0.3 is 0 Å². The summed E-state index contributed by atoms with van der Waals surface area (Å²) < 4.78 is 33.2. The van der Waals surface area contributed by atoms with Crippen molar-refractivity contribution in [3.8, 4) is 11.3 Å². The van der Waals surface area contributed by atoms with Crippen molar-refractivity contribution >= 4 is 17.4 Å². The van der Waals surface area contributed by atoms with Crippen LogP contribution in [0.3, 0.4) is 0 Å². The molecular weight excluding hydrogens is 438 g/mol. The molecule has 0 spiro atoms. The fraction of sp³-hybridized carbons (Fsp3) is 0.190. The van der Waals surface area contributed by atoms with E-state index in [1.54, 1.807) is 29.6 Å². The lowest BCUT2D eigenvalue weighted by Crippen LogP contribution is -2.51. The van der Waals surface area contributed by atoms with E-state index in [1.165, 1.54) is 35.8 Å². The van der Waals surface area contributed by atoms with E-state index in [4.69, 9.17) is 0 Å². The molecule has 1 amide bonds. The highest BCUT2D eigenvalue weighted by molar-refractivity contribution is 7.03. The molecule has 0 fully saturated rings. The maximum Gasteiger partial charge on any atom is 0.251 e. The van der Waals surface area contributed by atoms with Crippen LogP contribution < -0.4 is 5.32 Å². The molecule has 2 unspecified atom stereocenters. The Hall–Kier alpha value is -3.57. The van der Waals surface area contributed by atoms with Crippen molar-refractivity contribution in [1.82, 2.24) is 29.7 Å². The Balaban J connectivity index is 1.59. The molecule has 0 saturated carbocycles. The van der Waals surface area contributed by atoms with E-state index in [-0.39, 0.29) is 12.1 Å². The van der Waals surface area contributed by atoms with Gasteiger partial charge < -0.3 is 10.4 Å². The minimum atomic E-state index is -1.94. The van der Waals surface area contributed by atoms with Crippen LogP contribution >= 0.6 is 11.5 Å². The predicted molar refractivity (Wildman–Crippen MR) is 113 cm³/mol. The lowest BCUT2D eigenvalue weighted by Gasteiger charge is -2.35. The van der Waals surface area contributed by atoms with Crippen LogP contribution in [-0.4, -0.2) is 41.4 Å². The van der Waals surface area contributed by atoms with Crippen LogP contribution in [-0.2, 0) is 12.1 Å². The molecule has 0 aliphatic rings. The van der Waals surface area contributed by atoms with E-state index in [0.29, 0.717) is 17.3 Å². The Labute approximate surface area is 185 Å². The molecule has 0 aliphatic carbocycles. The summed E-state index contributed by atoms with van der Waals surface area (Å²) in [6.07, 6.45) is 2.62. The van der Waals surface area contributed by atoms with Crippen molar-refractivity contribution in [3.05, 3.63) is 83.3 Å². The number of carbonyl (C=O) groups excluding carboxylic acids is 1. The molecule has 2 N–H and O–H groups in total. The number of aromatic nitrogens is 5. The summed E-state index contributed by atoms with van der Waals surface area (Å²) in [5.74, 6) is -2.18. The first-order chi connectivity index (χ1) is 15.4. The lowest BCUT2D eigenvalue weighted by atomic mass is 9.86. The normalized spacial score (nSPS) is 14.0. The van der Waals surface area contributed by atoms with Gasteiger partial charge in [0, 0.05) is 28.1 Å². The third-order valence-electron chi connectivity index (χ3n) is 5.13. The number of amides is 1. The van der Waals surface area contributed by atoms with Gasteiger partial charge in [-0.2, -0.15) is 5.10 Å². The van der Waals surface area contributed by atoms with Gasteiger partial charge in [-0.05, 0) is 36.7 Å². The summed E-state index contributed by atoms with van der Waals surface area (Å²) >= 11 is 1.22. The van der Waals surface area contributed by atoms with Crippen LogP contribution in [0, 0.1) is 11.6 Å². The maximum absolute atomic E-state index is 14.6. The Bertz CT molecular complexity index is 1200. The van der Waals surface area contributed by atoms with Crippen molar-refractivity contribution in [3.63, 3.8) is 0 Å². The summed E-state index contributed by atoms with van der Waals surface area (Å²) in [4.78, 5) is 16.7. The second-order valence-corrected chi connectivity index (χ2v) is 7.81. The van der Waals surface area contributed by atoms with Crippen molar-refractivity contribution in [2.24, 2.45) is 0 Å². The van der Waals surface area contributed by atoms with E-state index < -0.39 is 29.2 Å². The van der Waals surface area contributed by atoms with Crippen LogP contribution in [0.1, 0.15) is 22.8 Å². The van der Waals surface area contributed by atoms with E-state index >= 15 is 0 Å². The molecule has 8 nitrogen and oxygen atoms in total. The molecule has 2 aromatic carbocycles. The van der Waals surface area contributed by atoms with Crippen LogP contribution in [0.15, 0.2) is 60.5 Å². The highest BCUT2D eigenvalue weighted by Gasteiger charge is 2.40. The number of nitrogens with zero attached hydrogens (tertiary/aromatic N) is 5. The number of carbonyl (C=O) groups is 1. The molecule has 0 bridgehead atoms. The van der Waals surface area contributed by atoms with E-state index in [9.17, 15) is 18.7 Å². The molecule has 4 aromatic rings. The summed E-state index contributed by atoms with van der Waals surface area (Å²) in [6, 6.07) is 8.61. The van der Waals surface area contributed by atoms with Crippen molar-refractivity contribution in [2.75, 3.05) is 0 Å². The standard InChI is InChI=1S/C21H18F2N6O2S/c1-13(26-20(30)15-4-2-14(3-5-15)19-9-32-28-27-19)21(31,10-29-12-24-11-25-29)17-7-6-16(22)8-18(17)23/h2-9,11-13,31H,10H2,1H3,(H,26,30). The van der Waals surface area contributed by atoms with Gasteiger partial charge in [-0.1, -0.05) is 22.7 Å². The van der Waals surface area contributed by atoms with Gasteiger partial charge in [-0.25, -0.2) is 18.4 Å². The Morgan fingerprint density at radius 3 is 2.66 bits per heavy atom. The zero-order chi connectivity index (χ0) is 22.7. The topological polar surface area (TPSA) is 106 Å². The first-order valence-corrected chi connectivity index (χ1v) is 10.4. The quantitative estimate of drug-likeness (QED) is 0.443. The number of nitrogens with one attached hydrogen (secondary N) is 1. The lowest BCUT2D eigenvalue weighted by molar-refractivity contribution is -0.0186. The maximum atomic E-state index is 14.6. The van der Waals surface area contributed by atoms with Gasteiger partial charge in [0.25, 0.3) is 5.91 Å². The second-order valence-electron chi connectivity index (χ2n) is 7.20. The molecular formula is C21H18F2N6O2S. The molecule has 0 aliphatic heterocycles. The largest absolute Gasteiger partial charge is 0.381 e. The summed E-state index contributed by atoms with van der Waals surface area (Å²) in [7, 11) is 0. The molecule has 11 heteroatoms. The Morgan fingerprint density at radius 1 is 1.25 bits per heavy atom. The number of hydrogen-bond acceptors (Lipinski definition) is 7. The zero-order valence-corrected chi connectivity index (χ0v) is 17.6. The molecule has 2 heterocycles. The van der Waals surface area contributed by atoms with Crippen LogP contribution in [0.4, 0.5) is 8.78 Å². The average Bonchev–Trinajstić information content (AvgIpc) is 3.48. The van der Waals surface area contributed by atoms with Gasteiger partial charge in [0.2, 0.25) is 0 Å². The van der Waals surface area contributed by atoms with Crippen LogP contribution in [0.25, 0.3) is 11.3 Å². The third kappa shape index (κ3) is 4.39. The first kappa shape index (κ1) is 21.7. The summed E-state index contributed by atoms with van der Waals surface area (Å²) in [5, 5.41) is 23.9. The summed E-state index contributed by atoms with van der Waals surface area (Å²) in [6.45, 7) is 1.32. The van der Waals surface area contributed by atoms with Crippen LogP contribution in [0.2, 0.25) is 0 Å². The van der Waals surface area contributed by atoms with Crippen LogP contribution in [0.5, 0.6) is 0 Å². The second kappa shape index (κ2) is 8.89. The zero-order valence-electron chi connectivity index (χ0n) is 16.8. The van der Waals surface area contributed by atoms with Gasteiger partial charge in [-0.15, -0.1) is 5.10 Å². The van der Waals surface area contributed by atoms with Crippen molar-refractivity contribution in [2.45, 2.75) is 25.1 Å². The van der Waals surface area contributed by atoms with Crippen molar-refractivity contribution in [1.29, 1.82) is 0 Å². The SMILES string of the molecule is CC(NC(=O)c1ccc(-c2csnn2)cc1)C(O)(Cn1cncn1)c1ccc(F)cc1F. The fourth-order valence-corrected chi connectivity index (χ4v) is 3.80. The molecule has 32 heavy (non-hydrogen) atoms. The monoisotopic (exact) mass is 456 g/mol. The number of rotatable bonds is 7. The molecule has 0 radical (unpaired) electrons. The molecule has 4 rings (SSSR count). The number of hydrogen-bond donors (Lipinski definition) is 2.